The molecule has 4 rings (SSSR count). The summed E-state index contributed by atoms with van der Waals surface area (Å²) in [6.07, 6.45) is -0.0317. The van der Waals surface area contributed by atoms with Gasteiger partial charge >= 0.3 is 6.01 Å². The van der Waals surface area contributed by atoms with Crippen LogP contribution < -0.4 is 10.1 Å². The summed E-state index contributed by atoms with van der Waals surface area (Å²) in [6, 6.07) is 23.5. The number of hydrogen-bond acceptors (Lipinski definition) is 4. The predicted octanol–water partition coefficient (Wildman–Crippen LogP) is 5.59. The van der Waals surface area contributed by atoms with Gasteiger partial charge in [-0.2, -0.15) is 4.98 Å². The highest BCUT2D eigenvalue weighted by Gasteiger charge is 2.16. The van der Waals surface area contributed by atoms with Crippen LogP contribution in [-0.2, 0) is 0 Å². The topological polar surface area (TPSA) is 69.0 Å². The third-order valence-corrected chi connectivity index (χ3v) is 5.00. The van der Waals surface area contributed by atoms with Crippen LogP contribution in [0.4, 0.5) is 5.69 Å². The lowest BCUT2D eigenvalue weighted by Gasteiger charge is -2.10. The molecule has 6 heteroatoms. The largest absolute Gasteiger partial charge is 0.460 e. The minimum absolute atomic E-state index is 0.0317. The molecule has 162 valence electrons. The van der Waals surface area contributed by atoms with E-state index in [0.717, 1.165) is 16.8 Å². The van der Waals surface area contributed by atoms with Gasteiger partial charge in [-0.1, -0.05) is 48.0 Å². The molecule has 32 heavy (non-hydrogen) atoms. The smallest absolute Gasteiger partial charge is 0.336 e. The summed E-state index contributed by atoms with van der Waals surface area (Å²) in [5.41, 5.74) is 5.23. The lowest BCUT2D eigenvalue weighted by Crippen LogP contribution is -2.13. The third kappa shape index (κ3) is 4.70. The van der Waals surface area contributed by atoms with Gasteiger partial charge < -0.3 is 10.1 Å². The second-order valence-electron chi connectivity index (χ2n) is 7.98. The maximum absolute atomic E-state index is 12.6. The Morgan fingerprint density at radius 3 is 2.28 bits per heavy atom. The maximum atomic E-state index is 12.6. The first-order valence-electron chi connectivity index (χ1n) is 10.6. The van der Waals surface area contributed by atoms with Crippen molar-refractivity contribution in [1.82, 2.24) is 14.8 Å². The molecule has 0 aliphatic heterocycles. The van der Waals surface area contributed by atoms with Crippen LogP contribution in [0.3, 0.4) is 0 Å². The normalized spacial score (nSPS) is 10.9. The van der Waals surface area contributed by atoms with Crippen molar-refractivity contribution in [2.75, 3.05) is 5.32 Å². The van der Waals surface area contributed by atoms with Gasteiger partial charge in [-0.15, -0.1) is 5.10 Å². The summed E-state index contributed by atoms with van der Waals surface area (Å²) < 4.78 is 7.50. The van der Waals surface area contributed by atoms with E-state index in [0.29, 0.717) is 23.1 Å². The Kier molecular flexibility index (Phi) is 6.03. The first-order valence-corrected chi connectivity index (χ1v) is 10.6. The Hall–Kier alpha value is -3.93. The fourth-order valence-corrected chi connectivity index (χ4v) is 3.34. The van der Waals surface area contributed by atoms with E-state index in [9.17, 15) is 4.79 Å². The molecule has 6 nitrogen and oxygen atoms in total. The Morgan fingerprint density at radius 1 is 0.938 bits per heavy atom. The summed E-state index contributed by atoms with van der Waals surface area (Å²) in [5, 5.41) is 7.52. The number of carbonyl (C=O) groups is 1. The number of anilines is 1. The standard InChI is InChI=1S/C26H26N4O2/c1-17(2)32-26-28-24(20-11-9-18(3)10-12-20)30(29-26)22-15-13-21(14-16-22)27-25(31)23-8-6-5-7-19(23)4/h5-17H,1-4H3,(H,27,31). The highest BCUT2D eigenvalue weighted by Crippen LogP contribution is 2.25. The molecule has 0 radical (unpaired) electrons. The van der Waals surface area contributed by atoms with Crippen LogP contribution in [-0.4, -0.2) is 26.8 Å². The van der Waals surface area contributed by atoms with Crippen molar-refractivity contribution < 1.29 is 9.53 Å². The molecule has 0 fully saturated rings. The molecule has 0 atom stereocenters. The van der Waals surface area contributed by atoms with Crippen molar-refractivity contribution in [3.8, 4) is 23.1 Å². The van der Waals surface area contributed by atoms with Gasteiger partial charge in [-0.25, -0.2) is 4.68 Å². The molecule has 4 aromatic rings. The van der Waals surface area contributed by atoms with Crippen molar-refractivity contribution >= 4 is 11.6 Å². The fraction of sp³-hybridized carbons (Fsp3) is 0.192. The quantitative estimate of drug-likeness (QED) is 0.436. The highest BCUT2D eigenvalue weighted by molar-refractivity contribution is 6.05. The van der Waals surface area contributed by atoms with E-state index >= 15 is 0 Å². The highest BCUT2D eigenvalue weighted by atomic mass is 16.5. The minimum atomic E-state index is -0.135. The average Bonchev–Trinajstić information content (AvgIpc) is 3.18. The number of hydrogen-bond donors (Lipinski definition) is 1. The van der Waals surface area contributed by atoms with Gasteiger partial charge in [-0.3, -0.25) is 4.79 Å². The molecule has 0 aliphatic rings. The molecule has 0 saturated heterocycles. The second kappa shape index (κ2) is 9.06. The first kappa shape index (κ1) is 21.3. The number of ether oxygens (including phenoxy) is 1. The molecule has 1 heterocycles. The molecule has 0 aliphatic carbocycles. The zero-order valence-corrected chi connectivity index (χ0v) is 18.7. The average molecular weight is 427 g/mol. The van der Waals surface area contributed by atoms with Crippen LogP contribution in [0.2, 0.25) is 0 Å². The Balaban J connectivity index is 1.63. The molecule has 0 unspecified atom stereocenters. The van der Waals surface area contributed by atoms with Crippen LogP contribution in [0.1, 0.15) is 35.3 Å². The molecule has 3 aromatic carbocycles. The molecule has 1 amide bonds. The molecule has 0 bridgehead atoms. The van der Waals surface area contributed by atoms with Gasteiger partial charge in [0.2, 0.25) is 0 Å². The van der Waals surface area contributed by atoms with Crippen LogP contribution >= 0.6 is 0 Å². The van der Waals surface area contributed by atoms with E-state index in [2.05, 4.69) is 15.4 Å². The van der Waals surface area contributed by atoms with Crippen molar-refractivity contribution in [1.29, 1.82) is 0 Å². The van der Waals surface area contributed by atoms with Crippen molar-refractivity contribution in [3.63, 3.8) is 0 Å². The van der Waals surface area contributed by atoms with E-state index in [-0.39, 0.29) is 12.0 Å². The third-order valence-electron chi connectivity index (χ3n) is 5.00. The fourth-order valence-electron chi connectivity index (χ4n) is 3.34. The van der Waals surface area contributed by atoms with Crippen LogP contribution in [0.25, 0.3) is 17.1 Å². The van der Waals surface area contributed by atoms with E-state index in [1.165, 1.54) is 5.56 Å². The van der Waals surface area contributed by atoms with Gasteiger partial charge in [0, 0.05) is 16.8 Å². The van der Waals surface area contributed by atoms with E-state index in [1.54, 1.807) is 4.68 Å². The zero-order valence-electron chi connectivity index (χ0n) is 18.7. The first-order chi connectivity index (χ1) is 15.4. The predicted molar refractivity (Wildman–Crippen MR) is 126 cm³/mol. The molecule has 0 saturated carbocycles. The molecule has 1 aromatic heterocycles. The Labute approximate surface area is 187 Å². The summed E-state index contributed by atoms with van der Waals surface area (Å²) in [5.74, 6) is 0.557. The van der Waals surface area contributed by atoms with Crippen molar-refractivity contribution in [3.05, 3.63) is 89.5 Å². The summed E-state index contributed by atoms with van der Waals surface area (Å²) in [6.45, 7) is 7.86. The SMILES string of the molecule is Cc1ccc(-c2nc(OC(C)C)nn2-c2ccc(NC(=O)c3ccccc3C)cc2)cc1. The van der Waals surface area contributed by atoms with Crippen LogP contribution in [0.5, 0.6) is 6.01 Å². The summed E-state index contributed by atoms with van der Waals surface area (Å²) in [4.78, 5) is 17.2. The van der Waals surface area contributed by atoms with Crippen LogP contribution in [0, 0.1) is 13.8 Å². The Morgan fingerprint density at radius 2 is 1.62 bits per heavy atom. The van der Waals surface area contributed by atoms with E-state index in [4.69, 9.17) is 4.74 Å². The summed E-state index contributed by atoms with van der Waals surface area (Å²) in [7, 11) is 0. The minimum Gasteiger partial charge on any atom is -0.460 e. The van der Waals surface area contributed by atoms with Gasteiger partial charge in [0.25, 0.3) is 5.91 Å². The maximum Gasteiger partial charge on any atom is 0.336 e. The lowest BCUT2D eigenvalue weighted by molar-refractivity contribution is 0.102. The number of amides is 1. The number of nitrogens with one attached hydrogen (secondary N) is 1. The summed E-state index contributed by atoms with van der Waals surface area (Å²) >= 11 is 0. The van der Waals surface area contributed by atoms with E-state index < -0.39 is 0 Å². The molecular weight excluding hydrogens is 400 g/mol. The van der Waals surface area contributed by atoms with Gasteiger partial charge in [0.15, 0.2) is 5.82 Å². The lowest BCUT2D eigenvalue weighted by atomic mass is 10.1. The number of nitrogens with zero attached hydrogens (tertiary/aromatic N) is 3. The number of aromatic nitrogens is 3. The van der Waals surface area contributed by atoms with Crippen LogP contribution in [0.15, 0.2) is 72.8 Å². The van der Waals surface area contributed by atoms with Gasteiger partial charge in [0.05, 0.1) is 11.8 Å². The monoisotopic (exact) mass is 426 g/mol. The Bertz CT molecular complexity index is 1230. The molecular formula is C26H26N4O2. The van der Waals surface area contributed by atoms with Gasteiger partial charge in [0.1, 0.15) is 0 Å². The molecule has 0 spiro atoms. The number of benzene rings is 3. The second-order valence-corrected chi connectivity index (χ2v) is 7.98. The number of aryl methyl sites for hydroxylation is 2. The zero-order chi connectivity index (χ0) is 22.7. The number of rotatable bonds is 6. The van der Waals surface area contributed by atoms with Gasteiger partial charge in [-0.05, 0) is 63.6 Å². The number of carbonyl (C=O) groups excluding carboxylic acids is 1. The van der Waals surface area contributed by atoms with Crippen molar-refractivity contribution in [2.45, 2.75) is 33.8 Å². The van der Waals surface area contributed by atoms with Crippen molar-refractivity contribution in [2.24, 2.45) is 0 Å². The molecule has 1 N–H and O–H groups in total. The van der Waals surface area contributed by atoms with E-state index in [1.807, 2.05) is 100 Å².